The predicted molar refractivity (Wildman–Crippen MR) is 51.0 cm³/mol. The standard InChI is InChI=1S/C10H14O5/c1-13-9(11)7-5-3-4-6-15-8(7)10(12)14-2/h3-4,7-8H,5-6H2,1-2H3/t7-,8+/m1/s1. The zero-order chi connectivity index (χ0) is 11.3. The Kier molecular flexibility index (Phi) is 4.30. The van der Waals surface area contributed by atoms with E-state index in [-0.39, 0.29) is 0 Å². The first kappa shape index (κ1) is 11.7. The lowest BCUT2D eigenvalue weighted by Crippen LogP contribution is -2.37. The van der Waals surface area contributed by atoms with E-state index in [4.69, 9.17) is 4.74 Å². The molecule has 0 N–H and O–H groups in total. The summed E-state index contributed by atoms with van der Waals surface area (Å²) < 4.78 is 14.4. The van der Waals surface area contributed by atoms with Crippen molar-refractivity contribution in [2.24, 2.45) is 5.92 Å². The van der Waals surface area contributed by atoms with Gasteiger partial charge in [-0.25, -0.2) is 4.79 Å². The van der Waals surface area contributed by atoms with Gasteiger partial charge in [-0.2, -0.15) is 0 Å². The Hall–Kier alpha value is -1.36. The largest absolute Gasteiger partial charge is 0.469 e. The van der Waals surface area contributed by atoms with Crippen LogP contribution in [0.15, 0.2) is 12.2 Å². The molecule has 1 heterocycles. The quantitative estimate of drug-likeness (QED) is 0.488. The highest BCUT2D eigenvalue weighted by molar-refractivity contribution is 5.84. The average molecular weight is 214 g/mol. The van der Waals surface area contributed by atoms with Crippen LogP contribution >= 0.6 is 0 Å². The number of rotatable bonds is 2. The van der Waals surface area contributed by atoms with Crippen molar-refractivity contribution in [3.8, 4) is 0 Å². The van der Waals surface area contributed by atoms with Crippen molar-refractivity contribution in [2.75, 3.05) is 20.8 Å². The van der Waals surface area contributed by atoms with E-state index in [1.807, 2.05) is 0 Å². The zero-order valence-corrected chi connectivity index (χ0v) is 8.76. The molecule has 0 unspecified atom stereocenters. The molecule has 0 aromatic heterocycles. The summed E-state index contributed by atoms with van der Waals surface area (Å²) in [5.74, 6) is -1.63. The number of carbonyl (C=O) groups is 2. The molecule has 0 fully saturated rings. The van der Waals surface area contributed by atoms with Gasteiger partial charge in [0, 0.05) is 0 Å². The third kappa shape index (κ3) is 2.79. The second-order valence-corrected chi connectivity index (χ2v) is 3.11. The minimum atomic E-state index is -0.877. The molecule has 5 heteroatoms. The molecule has 0 aliphatic carbocycles. The summed E-state index contributed by atoms with van der Waals surface area (Å²) in [4.78, 5) is 22.8. The summed E-state index contributed by atoms with van der Waals surface area (Å²) in [5.41, 5.74) is 0. The van der Waals surface area contributed by atoms with Gasteiger partial charge in [0.1, 0.15) is 0 Å². The Morgan fingerprint density at radius 1 is 1.20 bits per heavy atom. The second kappa shape index (κ2) is 5.50. The fourth-order valence-electron chi connectivity index (χ4n) is 1.43. The fraction of sp³-hybridized carbons (Fsp3) is 0.600. The van der Waals surface area contributed by atoms with Gasteiger partial charge in [0.15, 0.2) is 6.10 Å². The van der Waals surface area contributed by atoms with E-state index in [1.54, 1.807) is 12.2 Å². The molecule has 0 spiro atoms. The molecule has 1 rings (SSSR count). The lowest BCUT2D eigenvalue weighted by atomic mass is 9.99. The van der Waals surface area contributed by atoms with Crippen LogP contribution in [0.1, 0.15) is 6.42 Å². The van der Waals surface area contributed by atoms with E-state index < -0.39 is 24.0 Å². The molecule has 1 aliphatic rings. The fourth-order valence-corrected chi connectivity index (χ4v) is 1.43. The zero-order valence-electron chi connectivity index (χ0n) is 8.76. The summed E-state index contributed by atoms with van der Waals surface area (Å²) in [7, 11) is 2.55. The van der Waals surface area contributed by atoms with Crippen molar-refractivity contribution in [2.45, 2.75) is 12.5 Å². The number of carbonyl (C=O) groups excluding carboxylic acids is 2. The highest BCUT2D eigenvalue weighted by Gasteiger charge is 2.36. The molecular formula is C10H14O5. The first-order valence-corrected chi connectivity index (χ1v) is 4.63. The average Bonchev–Trinajstić information content (AvgIpc) is 2.52. The predicted octanol–water partition coefficient (Wildman–Crippen LogP) is 0.294. The molecule has 84 valence electrons. The second-order valence-electron chi connectivity index (χ2n) is 3.11. The van der Waals surface area contributed by atoms with E-state index in [9.17, 15) is 9.59 Å². The molecule has 0 saturated carbocycles. The van der Waals surface area contributed by atoms with Crippen molar-refractivity contribution in [1.82, 2.24) is 0 Å². The molecular weight excluding hydrogens is 200 g/mol. The minimum absolute atomic E-state index is 0.299. The van der Waals surface area contributed by atoms with Gasteiger partial charge in [-0.3, -0.25) is 4.79 Å². The maximum absolute atomic E-state index is 11.4. The van der Waals surface area contributed by atoms with Crippen LogP contribution in [-0.4, -0.2) is 38.9 Å². The smallest absolute Gasteiger partial charge is 0.335 e. The maximum atomic E-state index is 11.4. The monoisotopic (exact) mass is 214 g/mol. The molecule has 1 aliphatic heterocycles. The van der Waals surface area contributed by atoms with Crippen LogP contribution in [0.25, 0.3) is 0 Å². The van der Waals surface area contributed by atoms with Gasteiger partial charge in [0.05, 0.1) is 26.7 Å². The SMILES string of the molecule is COC(=O)[C@H]1OCC=CC[C@H]1C(=O)OC. The highest BCUT2D eigenvalue weighted by atomic mass is 16.6. The van der Waals surface area contributed by atoms with Crippen LogP contribution < -0.4 is 0 Å². The van der Waals surface area contributed by atoms with Crippen molar-refractivity contribution in [3.05, 3.63) is 12.2 Å². The Morgan fingerprint density at radius 2 is 1.87 bits per heavy atom. The lowest BCUT2D eigenvalue weighted by Gasteiger charge is -2.20. The van der Waals surface area contributed by atoms with E-state index in [1.165, 1.54) is 14.2 Å². The van der Waals surface area contributed by atoms with Crippen molar-refractivity contribution in [1.29, 1.82) is 0 Å². The normalized spacial score (nSPS) is 25.5. The molecule has 15 heavy (non-hydrogen) atoms. The van der Waals surface area contributed by atoms with Crippen molar-refractivity contribution in [3.63, 3.8) is 0 Å². The molecule has 2 atom stereocenters. The summed E-state index contributed by atoms with van der Waals surface area (Å²) in [6, 6.07) is 0. The van der Waals surface area contributed by atoms with Gasteiger partial charge in [-0.05, 0) is 6.42 Å². The summed E-state index contributed by atoms with van der Waals surface area (Å²) in [6.07, 6.45) is 3.10. The van der Waals surface area contributed by atoms with Gasteiger partial charge in [-0.15, -0.1) is 0 Å². The molecule has 0 aromatic rings. The lowest BCUT2D eigenvalue weighted by molar-refractivity contribution is -0.166. The number of hydrogen-bond acceptors (Lipinski definition) is 5. The van der Waals surface area contributed by atoms with Crippen LogP contribution in [-0.2, 0) is 23.8 Å². The van der Waals surface area contributed by atoms with Gasteiger partial charge in [0.2, 0.25) is 0 Å². The minimum Gasteiger partial charge on any atom is -0.469 e. The Balaban J connectivity index is 2.79. The summed E-state index contributed by atoms with van der Waals surface area (Å²) in [6.45, 7) is 0.299. The Labute approximate surface area is 88.0 Å². The first-order valence-electron chi connectivity index (χ1n) is 4.63. The van der Waals surface area contributed by atoms with Crippen LogP contribution in [0.5, 0.6) is 0 Å². The molecule has 0 saturated heterocycles. The van der Waals surface area contributed by atoms with Crippen molar-refractivity contribution < 1.29 is 23.8 Å². The number of ether oxygens (including phenoxy) is 3. The topological polar surface area (TPSA) is 61.8 Å². The number of allylic oxidation sites excluding steroid dienone is 1. The Morgan fingerprint density at radius 3 is 2.47 bits per heavy atom. The maximum Gasteiger partial charge on any atom is 0.335 e. The number of esters is 2. The third-order valence-electron chi connectivity index (χ3n) is 2.23. The summed E-state index contributed by atoms with van der Waals surface area (Å²) in [5, 5.41) is 0. The molecule has 5 nitrogen and oxygen atoms in total. The Bertz CT molecular complexity index is 271. The summed E-state index contributed by atoms with van der Waals surface area (Å²) >= 11 is 0. The van der Waals surface area contributed by atoms with Crippen LogP contribution in [0.3, 0.4) is 0 Å². The van der Waals surface area contributed by atoms with E-state index in [0.717, 1.165) is 0 Å². The molecule has 0 radical (unpaired) electrons. The first-order chi connectivity index (χ1) is 7.20. The van der Waals surface area contributed by atoms with E-state index in [0.29, 0.717) is 13.0 Å². The molecule has 0 amide bonds. The van der Waals surface area contributed by atoms with Crippen LogP contribution in [0, 0.1) is 5.92 Å². The van der Waals surface area contributed by atoms with E-state index in [2.05, 4.69) is 9.47 Å². The highest BCUT2D eigenvalue weighted by Crippen LogP contribution is 2.19. The van der Waals surface area contributed by atoms with Gasteiger partial charge < -0.3 is 14.2 Å². The van der Waals surface area contributed by atoms with Gasteiger partial charge in [-0.1, -0.05) is 12.2 Å². The molecule has 0 aromatic carbocycles. The van der Waals surface area contributed by atoms with Crippen LogP contribution in [0.2, 0.25) is 0 Å². The van der Waals surface area contributed by atoms with Gasteiger partial charge >= 0.3 is 11.9 Å². The van der Waals surface area contributed by atoms with Gasteiger partial charge in [0.25, 0.3) is 0 Å². The molecule has 0 bridgehead atoms. The third-order valence-corrected chi connectivity index (χ3v) is 2.23. The number of methoxy groups -OCH3 is 2. The van der Waals surface area contributed by atoms with Crippen LogP contribution in [0.4, 0.5) is 0 Å². The number of hydrogen-bond donors (Lipinski definition) is 0. The van der Waals surface area contributed by atoms with E-state index >= 15 is 0 Å². The van der Waals surface area contributed by atoms with Crippen molar-refractivity contribution >= 4 is 11.9 Å².